The molecule has 0 fully saturated rings. The number of H-pyrrole nitrogens is 1. The standard InChI is InChI=1S/C26H20F3N3O3/c27-26(28,29)20-12-19(22-14-31-25(32-22)21(30)13-24(33)34)10-11-23(20)35-15-16-6-8-18(9-7-16)17-4-2-1-3-5-17/h1-12,14,30H,13,15H2,(H,31,32)(H,33,34). The van der Waals surface area contributed by atoms with E-state index in [1.165, 1.54) is 18.3 Å². The van der Waals surface area contributed by atoms with Crippen LogP contribution in [0.25, 0.3) is 22.4 Å². The van der Waals surface area contributed by atoms with Crippen molar-refractivity contribution in [2.45, 2.75) is 19.2 Å². The number of rotatable bonds is 8. The second-order valence-corrected chi connectivity index (χ2v) is 7.75. The molecule has 0 saturated heterocycles. The summed E-state index contributed by atoms with van der Waals surface area (Å²) in [4.78, 5) is 17.4. The van der Waals surface area contributed by atoms with Crippen molar-refractivity contribution in [2.24, 2.45) is 0 Å². The first-order chi connectivity index (χ1) is 16.7. The number of aromatic nitrogens is 2. The summed E-state index contributed by atoms with van der Waals surface area (Å²) in [6, 6.07) is 20.7. The van der Waals surface area contributed by atoms with Crippen LogP contribution in [-0.4, -0.2) is 26.8 Å². The number of carboxylic acid groups (broad SMARTS) is 1. The zero-order valence-electron chi connectivity index (χ0n) is 18.3. The minimum atomic E-state index is -4.67. The number of nitrogens with zero attached hydrogens (tertiary/aromatic N) is 1. The van der Waals surface area contributed by atoms with E-state index in [9.17, 15) is 18.0 Å². The first kappa shape index (κ1) is 23.7. The van der Waals surface area contributed by atoms with Crippen molar-refractivity contribution >= 4 is 11.7 Å². The van der Waals surface area contributed by atoms with Crippen LogP contribution in [0.5, 0.6) is 5.75 Å². The number of carbonyl (C=O) groups is 1. The van der Waals surface area contributed by atoms with Crippen LogP contribution < -0.4 is 4.74 Å². The second kappa shape index (κ2) is 9.84. The number of halogens is 3. The lowest BCUT2D eigenvalue weighted by Gasteiger charge is -2.15. The molecule has 178 valence electrons. The fourth-order valence-corrected chi connectivity index (χ4v) is 3.49. The molecule has 35 heavy (non-hydrogen) atoms. The summed E-state index contributed by atoms with van der Waals surface area (Å²) in [5.74, 6) is -1.54. The largest absolute Gasteiger partial charge is 0.488 e. The quantitative estimate of drug-likeness (QED) is 0.263. The van der Waals surface area contributed by atoms with E-state index in [1.54, 1.807) is 0 Å². The van der Waals surface area contributed by atoms with Crippen LogP contribution >= 0.6 is 0 Å². The van der Waals surface area contributed by atoms with Gasteiger partial charge in [-0.3, -0.25) is 4.79 Å². The van der Waals surface area contributed by atoms with Gasteiger partial charge in [0.25, 0.3) is 0 Å². The minimum Gasteiger partial charge on any atom is -0.488 e. The highest BCUT2D eigenvalue weighted by molar-refractivity contribution is 6.05. The molecule has 0 amide bonds. The molecule has 0 bridgehead atoms. The maximum Gasteiger partial charge on any atom is 0.419 e. The number of imidazole rings is 1. The molecule has 1 heterocycles. The average molecular weight is 479 g/mol. The SMILES string of the molecule is N=C(CC(=O)O)c1ncc(-c2ccc(OCc3ccc(-c4ccccc4)cc3)c(C(F)(F)F)c2)[nH]1. The van der Waals surface area contributed by atoms with Crippen LogP contribution in [0.3, 0.4) is 0 Å². The van der Waals surface area contributed by atoms with Crippen molar-refractivity contribution in [2.75, 3.05) is 0 Å². The van der Waals surface area contributed by atoms with Gasteiger partial charge in [-0.1, -0.05) is 54.6 Å². The van der Waals surface area contributed by atoms with E-state index in [0.717, 1.165) is 22.8 Å². The number of ether oxygens (including phenoxy) is 1. The molecule has 0 aliphatic carbocycles. The number of benzene rings is 3. The molecular formula is C26H20F3N3O3. The Hall–Kier alpha value is -4.40. The molecule has 6 nitrogen and oxygen atoms in total. The Bertz CT molecular complexity index is 1350. The Morgan fingerprint density at radius 1 is 0.971 bits per heavy atom. The minimum absolute atomic E-state index is 0.0183. The Kier molecular flexibility index (Phi) is 6.68. The fraction of sp³-hybridized carbons (Fsp3) is 0.115. The van der Waals surface area contributed by atoms with Crippen LogP contribution in [0, 0.1) is 5.41 Å². The summed E-state index contributed by atoms with van der Waals surface area (Å²) in [7, 11) is 0. The third-order valence-corrected chi connectivity index (χ3v) is 5.24. The van der Waals surface area contributed by atoms with Gasteiger partial charge >= 0.3 is 12.1 Å². The van der Waals surface area contributed by atoms with Crippen molar-refractivity contribution in [3.63, 3.8) is 0 Å². The predicted octanol–water partition coefficient (Wildman–Crippen LogP) is 6.18. The lowest BCUT2D eigenvalue weighted by molar-refractivity contribution is -0.139. The van der Waals surface area contributed by atoms with Crippen molar-refractivity contribution in [1.82, 2.24) is 9.97 Å². The van der Waals surface area contributed by atoms with Gasteiger partial charge in [-0.05, 0) is 34.9 Å². The van der Waals surface area contributed by atoms with Gasteiger partial charge in [0.2, 0.25) is 0 Å². The van der Waals surface area contributed by atoms with Gasteiger partial charge in [0.15, 0.2) is 5.82 Å². The number of hydrogen-bond donors (Lipinski definition) is 3. The first-order valence-electron chi connectivity index (χ1n) is 10.5. The Labute approximate surface area is 198 Å². The molecule has 3 N–H and O–H groups in total. The Morgan fingerprint density at radius 3 is 2.29 bits per heavy atom. The number of aromatic amines is 1. The van der Waals surface area contributed by atoms with E-state index in [2.05, 4.69) is 9.97 Å². The van der Waals surface area contributed by atoms with Crippen molar-refractivity contribution < 1.29 is 27.8 Å². The van der Waals surface area contributed by atoms with Crippen LogP contribution in [-0.2, 0) is 17.6 Å². The first-order valence-corrected chi connectivity index (χ1v) is 10.5. The average Bonchev–Trinajstić information content (AvgIpc) is 3.33. The molecular weight excluding hydrogens is 459 g/mol. The molecule has 0 saturated carbocycles. The van der Waals surface area contributed by atoms with E-state index in [1.807, 2.05) is 54.6 Å². The monoisotopic (exact) mass is 479 g/mol. The third-order valence-electron chi connectivity index (χ3n) is 5.24. The highest BCUT2D eigenvalue weighted by Gasteiger charge is 2.35. The zero-order chi connectivity index (χ0) is 25.0. The number of alkyl halides is 3. The molecule has 0 aliphatic rings. The zero-order valence-corrected chi connectivity index (χ0v) is 18.3. The van der Waals surface area contributed by atoms with Crippen molar-refractivity contribution in [3.05, 3.63) is 95.9 Å². The lowest BCUT2D eigenvalue weighted by Crippen LogP contribution is -2.09. The van der Waals surface area contributed by atoms with Crippen LogP contribution in [0.4, 0.5) is 13.2 Å². The number of nitrogens with one attached hydrogen (secondary N) is 2. The maximum absolute atomic E-state index is 13.8. The van der Waals surface area contributed by atoms with Gasteiger partial charge in [0.1, 0.15) is 12.4 Å². The highest BCUT2D eigenvalue weighted by Crippen LogP contribution is 2.39. The fourth-order valence-electron chi connectivity index (χ4n) is 3.49. The van der Waals surface area contributed by atoms with E-state index in [-0.39, 0.29) is 35.1 Å². The molecule has 4 aromatic rings. The van der Waals surface area contributed by atoms with Gasteiger partial charge in [0, 0.05) is 5.56 Å². The highest BCUT2D eigenvalue weighted by atomic mass is 19.4. The molecule has 9 heteroatoms. The van der Waals surface area contributed by atoms with E-state index < -0.39 is 24.1 Å². The normalized spacial score (nSPS) is 11.3. The smallest absolute Gasteiger partial charge is 0.419 e. The lowest BCUT2D eigenvalue weighted by atomic mass is 10.0. The summed E-state index contributed by atoms with van der Waals surface area (Å²) in [5.41, 5.74) is 1.92. The molecule has 0 unspecified atom stereocenters. The number of aliphatic carboxylic acids is 1. The van der Waals surface area contributed by atoms with E-state index >= 15 is 0 Å². The molecule has 0 spiro atoms. The third kappa shape index (κ3) is 5.75. The summed E-state index contributed by atoms with van der Waals surface area (Å²) in [6.45, 7) is -0.0436. The molecule has 0 atom stereocenters. The van der Waals surface area contributed by atoms with Crippen molar-refractivity contribution in [3.8, 4) is 28.1 Å². The van der Waals surface area contributed by atoms with Gasteiger partial charge in [0.05, 0.1) is 29.6 Å². The summed E-state index contributed by atoms with van der Waals surface area (Å²) < 4.78 is 46.9. The van der Waals surface area contributed by atoms with E-state index in [4.69, 9.17) is 15.3 Å². The summed E-state index contributed by atoms with van der Waals surface area (Å²) in [5, 5.41) is 16.5. The number of hydrogen-bond acceptors (Lipinski definition) is 4. The van der Waals surface area contributed by atoms with Crippen LogP contribution in [0.15, 0.2) is 79.0 Å². The second-order valence-electron chi connectivity index (χ2n) is 7.75. The molecule has 0 radical (unpaired) electrons. The van der Waals surface area contributed by atoms with Crippen molar-refractivity contribution in [1.29, 1.82) is 5.41 Å². The predicted molar refractivity (Wildman–Crippen MR) is 124 cm³/mol. The maximum atomic E-state index is 13.8. The molecule has 4 rings (SSSR count). The molecule has 0 aliphatic heterocycles. The number of carboxylic acids is 1. The van der Waals surface area contributed by atoms with Crippen LogP contribution in [0.1, 0.15) is 23.4 Å². The van der Waals surface area contributed by atoms with Gasteiger partial charge in [-0.2, -0.15) is 13.2 Å². The van der Waals surface area contributed by atoms with Gasteiger partial charge in [-0.15, -0.1) is 0 Å². The van der Waals surface area contributed by atoms with Gasteiger partial charge < -0.3 is 20.2 Å². The molecule has 3 aromatic carbocycles. The van der Waals surface area contributed by atoms with E-state index in [0.29, 0.717) is 0 Å². The topological polar surface area (TPSA) is 99.1 Å². The van der Waals surface area contributed by atoms with Gasteiger partial charge in [-0.25, -0.2) is 4.98 Å². The Balaban J connectivity index is 1.52. The Morgan fingerprint density at radius 2 is 1.63 bits per heavy atom. The molecule has 1 aromatic heterocycles. The summed E-state index contributed by atoms with van der Waals surface area (Å²) in [6.07, 6.45) is -3.96. The summed E-state index contributed by atoms with van der Waals surface area (Å²) >= 11 is 0. The van der Waals surface area contributed by atoms with Crippen LogP contribution in [0.2, 0.25) is 0 Å².